The zero-order valence-corrected chi connectivity index (χ0v) is 12.6. The molecule has 21 heavy (non-hydrogen) atoms. The number of carbonyl (C=O) groups is 1. The lowest BCUT2D eigenvalue weighted by molar-refractivity contribution is 0.0697. The molecule has 0 fully saturated rings. The summed E-state index contributed by atoms with van der Waals surface area (Å²) in [5.41, 5.74) is 1.37. The molecule has 5 nitrogen and oxygen atoms in total. The highest BCUT2D eigenvalue weighted by molar-refractivity contribution is 7.99. The quantitative estimate of drug-likeness (QED) is 0.858. The second-order valence-corrected chi connectivity index (χ2v) is 6.04. The molecule has 0 bridgehead atoms. The Morgan fingerprint density at radius 3 is 2.86 bits per heavy atom. The summed E-state index contributed by atoms with van der Waals surface area (Å²) in [6, 6.07) is 7.62. The van der Waals surface area contributed by atoms with Crippen LogP contribution in [0, 0.1) is 17.2 Å². The van der Waals surface area contributed by atoms with Crippen molar-refractivity contribution in [3.05, 3.63) is 41.7 Å². The molecule has 0 aliphatic rings. The first-order chi connectivity index (χ1) is 10.0. The number of carboxylic acids is 1. The smallest absolute Gasteiger partial charge is 0.338 e. The molecule has 0 aliphatic carbocycles. The fraction of sp³-hybridized carbons (Fsp3) is 0.267. The average molecular weight is 301 g/mol. The monoisotopic (exact) mass is 301 g/mol. The molecule has 0 amide bonds. The molecule has 108 valence electrons. The Morgan fingerprint density at radius 2 is 2.29 bits per heavy atom. The highest BCUT2D eigenvalue weighted by atomic mass is 32.2. The van der Waals surface area contributed by atoms with Crippen molar-refractivity contribution < 1.29 is 9.90 Å². The lowest BCUT2D eigenvalue weighted by atomic mass is 10.2. The Bertz CT molecular complexity index is 701. The van der Waals surface area contributed by atoms with Crippen LogP contribution >= 0.6 is 11.8 Å². The Labute approximate surface area is 127 Å². The molecule has 1 N–H and O–H groups in total. The Balaban J connectivity index is 2.29. The largest absolute Gasteiger partial charge is 0.478 e. The van der Waals surface area contributed by atoms with E-state index in [0.717, 1.165) is 10.6 Å². The third-order valence-electron chi connectivity index (χ3n) is 2.75. The van der Waals surface area contributed by atoms with E-state index in [4.69, 9.17) is 5.11 Å². The maximum absolute atomic E-state index is 10.9. The zero-order chi connectivity index (χ0) is 15.4. The molecule has 1 aromatic heterocycles. The third kappa shape index (κ3) is 3.64. The fourth-order valence-electron chi connectivity index (χ4n) is 1.70. The number of nitrogens with zero attached hydrogens (tertiary/aromatic N) is 3. The van der Waals surface area contributed by atoms with Gasteiger partial charge in [-0.25, -0.2) is 9.48 Å². The van der Waals surface area contributed by atoms with Crippen molar-refractivity contribution in [3.8, 4) is 11.8 Å². The molecular formula is C15H15N3O2S. The van der Waals surface area contributed by atoms with Crippen LogP contribution < -0.4 is 0 Å². The molecule has 0 unspecified atom stereocenters. The van der Waals surface area contributed by atoms with Gasteiger partial charge in [-0.15, -0.1) is 11.8 Å². The van der Waals surface area contributed by atoms with Gasteiger partial charge in [0.15, 0.2) is 0 Å². The molecule has 6 heteroatoms. The predicted molar refractivity (Wildman–Crippen MR) is 80.8 cm³/mol. The number of thioether (sulfide) groups is 1. The number of hydrogen-bond acceptors (Lipinski definition) is 4. The summed E-state index contributed by atoms with van der Waals surface area (Å²) < 4.78 is 1.46. The summed E-state index contributed by atoms with van der Waals surface area (Å²) in [5.74, 6) is 0.468. The number of aromatic nitrogens is 2. The Hall–Kier alpha value is -2.26. The Kier molecular flexibility index (Phi) is 4.66. The lowest BCUT2D eigenvalue weighted by Crippen LogP contribution is -1.98. The van der Waals surface area contributed by atoms with Crippen molar-refractivity contribution >= 4 is 17.7 Å². The number of hydrogen-bond donors (Lipinski definition) is 1. The van der Waals surface area contributed by atoms with Gasteiger partial charge in [-0.3, -0.25) is 0 Å². The molecule has 0 saturated heterocycles. The van der Waals surface area contributed by atoms with Gasteiger partial charge in [-0.2, -0.15) is 10.4 Å². The van der Waals surface area contributed by atoms with E-state index in [-0.39, 0.29) is 5.56 Å². The van der Waals surface area contributed by atoms with E-state index >= 15 is 0 Å². The van der Waals surface area contributed by atoms with E-state index < -0.39 is 5.97 Å². The first-order valence-electron chi connectivity index (χ1n) is 6.46. The fourth-order valence-corrected chi connectivity index (χ4v) is 2.64. The van der Waals surface area contributed by atoms with Gasteiger partial charge in [0.1, 0.15) is 6.07 Å². The summed E-state index contributed by atoms with van der Waals surface area (Å²) in [5, 5.41) is 22.2. The van der Waals surface area contributed by atoms with Crippen LogP contribution in [0.4, 0.5) is 0 Å². The third-order valence-corrected chi connectivity index (χ3v) is 4.25. The van der Waals surface area contributed by atoms with Gasteiger partial charge in [-0.05, 0) is 24.1 Å². The molecule has 0 radical (unpaired) electrons. The minimum absolute atomic E-state index is 0.117. The van der Waals surface area contributed by atoms with E-state index in [2.05, 4.69) is 25.0 Å². The van der Waals surface area contributed by atoms with Crippen LogP contribution in [0.2, 0.25) is 0 Å². The minimum Gasteiger partial charge on any atom is -0.478 e. The molecule has 0 aliphatic heterocycles. The van der Waals surface area contributed by atoms with Crippen LogP contribution in [0.1, 0.15) is 29.8 Å². The standard InChI is InChI=1S/C15H15N3O2S/c1-10(2)9-21-14-4-3-13(5-11(14)6-16)18-8-12(7-17-18)15(19)20/h3-5,7-8,10H,9H2,1-2H3,(H,19,20). The van der Waals surface area contributed by atoms with Crippen LogP contribution in [-0.2, 0) is 0 Å². The number of benzene rings is 1. The SMILES string of the molecule is CC(C)CSc1ccc(-n2cc(C(=O)O)cn2)cc1C#N. The van der Waals surface area contributed by atoms with E-state index in [9.17, 15) is 10.1 Å². The minimum atomic E-state index is -1.02. The number of aromatic carboxylic acids is 1. The van der Waals surface area contributed by atoms with Crippen LogP contribution in [0.15, 0.2) is 35.5 Å². The second-order valence-electron chi connectivity index (χ2n) is 4.98. The van der Waals surface area contributed by atoms with Gasteiger partial charge in [0.05, 0.1) is 23.0 Å². The molecule has 0 atom stereocenters. The summed E-state index contributed by atoms with van der Waals surface area (Å²) >= 11 is 1.65. The van der Waals surface area contributed by atoms with E-state index in [1.54, 1.807) is 17.8 Å². The van der Waals surface area contributed by atoms with Crippen LogP contribution in [0.25, 0.3) is 5.69 Å². The highest BCUT2D eigenvalue weighted by Crippen LogP contribution is 2.26. The molecular weight excluding hydrogens is 286 g/mol. The molecule has 2 aromatic rings. The van der Waals surface area contributed by atoms with Crippen LogP contribution in [0.5, 0.6) is 0 Å². The molecule has 0 saturated carbocycles. The topological polar surface area (TPSA) is 78.9 Å². The van der Waals surface area contributed by atoms with Crippen LogP contribution in [0.3, 0.4) is 0 Å². The van der Waals surface area contributed by atoms with Crippen molar-refractivity contribution in [3.63, 3.8) is 0 Å². The van der Waals surface area contributed by atoms with Crippen molar-refractivity contribution in [1.29, 1.82) is 5.26 Å². The zero-order valence-electron chi connectivity index (χ0n) is 11.8. The first kappa shape index (κ1) is 15.1. The molecule has 0 spiro atoms. The average Bonchev–Trinajstić information content (AvgIpc) is 2.94. The second kappa shape index (κ2) is 6.46. The normalized spacial score (nSPS) is 10.6. The number of rotatable bonds is 5. The van der Waals surface area contributed by atoms with E-state index in [1.807, 2.05) is 12.1 Å². The van der Waals surface area contributed by atoms with Gasteiger partial charge < -0.3 is 5.11 Å². The summed E-state index contributed by atoms with van der Waals surface area (Å²) in [7, 11) is 0. The van der Waals surface area contributed by atoms with Crippen molar-refractivity contribution in [2.45, 2.75) is 18.7 Å². The maximum atomic E-state index is 10.9. The first-order valence-corrected chi connectivity index (χ1v) is 7.45. The molecule has 1 heterocycles. The highest BCUT2D eigenvalue weighted by Gasteiger charge is 2.10. The number of nitriles is 1. The van der Waals surface area contributed by atoms with Crippen LogP contribution in [-0.4, -0.2) is 26.6 Å². The van der Waals surface area contributed by atoms with Crippen molar-refractivity contribution in [1.82, 2.24) is 9.78 Å². The van der Waals surface area contributed by atoms with E-state index in [1.165, 1.54) is 17.1 Å². The van der Waals surface area contributed by atoms with E-state index in [0.29, 0.717) is 17.2 Å². The summed E-state index contributed by atoms with van der Waals surface area (Å²) in [4.78, 5) is 11.8. The van der Waals surface area contributed by atoms with Gasteiger partial charge >= 0.3 is 5.97 Å². The van der Waals surface area contributed by atoms with Gasteiger partial charge in [0, 0.05) is 16.8 Å². The summed E-state index contributed by atoms with van der Waals surface area (Å²) in [6.07, 6.45) is 2.72. The summed E-state index contributed by atoms with van der Waals surface area (Å²) in [6.45, 7) is 4.26. The number of carboxylic acid groups (broad SMARTS) is 1. The van der Waals surface area contributed by atoms with Gasteiger partial charge in [0.2, 0.25) is 0 Å². The lowest BCUT2D eigenvalue weighted by Gasteiger charge is -2.08. The maximum Gasteiger partial charge on any atom is 0.338 e. The van der Waals surface area contributed by atoms with Gasteiger partial charge in [0.25, 0.3) is 0 Å². The molecule has 1 aromatic carbocycles. The van der Waals surface area contributed by atoms with Gasteiger partial charge in [-0.1, -0.05) is 13.8 Å². The molecule has 2 rings (SSSR count). The Morgan fingerprint density at radius 1 is 1.52 bits per heavy atom. The van der Waals surface area contributed by atoms with Crippen molar-refractivity contribution in [2.75, 3.05) is 5.75 Å². The van der Waals surface area contributed by atoms with Crippen molar-refractivity contribution in [2.24, 2.45) is 5.92 Å². The predicted octanol–water partition coefficient (Wildman–Crippen LogP) is 3.19.